The molecule has 2 amide bonds. The Morgan fingerprint density at radius 2 is 1.86 bits per heavy atom. The van der Waals surface area contributed by atoms with Crippen molar-refractivity contribution in [1.29, 1.82) is 0 Å². The first-order valence-corrected chi connectivity index (χ1v) is 10.8. The molecule has 29 heavy (non-hydrogen) atoms. The zero-order valence-electron chi connectivity index (χ0n) is 15.5. The molecule has 0 saturated carbocycles. The molecule has 5 nitrogen and oxygen atoms in total. The quantitative estimate of drug-likeness (QED) is 0.592. The number of rotatable bonds is 4. The number of nitrogens with two attached hydrogens (primary N) is 1. The molecule has 0 radical (unpaired) electrons. The summed E-state index contributed by atoms with van der Waals surface area (Å²) in [6.07, 6.45) is 1.49. The Kier molecular flexibility index (Phi) is 5.76. The van der Waals surface area contributed by atoms with Crippen LogP contribution in [0.15, 0.2) is 52.3 Å². The van der Waals surface area contributed by atoms with Gasteiger partial charge in [-0.05, 0) is 55.3 Å². The highest BCUT2D eigenvalue weighted by molar-refractivity contribution is 7.99. The number of H-pyrrole nitrogens is 1. The van der Waals surface area contributed by atoms with Gasteiger partial charge in [0.2, 0.25) is 5.91 Å². The van der Waals surface area contributed by atoms with E-state index in [2.05, 4.69) is 4.98 Å². The third-order valence-electron chi connectivity index (χ3n) is 5.05. The number of halogens is 2. The lowest BCUT2D eigenvalue weighted by Crippen LogP contribution is -2.44. The minimum absolute atomic E-state index is 0.134. The zero-order valence-corrected chi connectivity index (χ0v) is 17.8. The number of hydrogen-bond donors (Lipinski definition) is 2. The van der Waals surface area contributed by atoms with Gasteiger partial charge in [-0.2, -0.15) is 0 Å². The average molecular weight is 448 g/mol. The van der Waals surface area contributed by atoms with Crippen molar-refractivity contribution < 1.29 is 9.59 Å². The average Bonchev–Trinajstić information content (AvgIpc) is 3.13. The number of benzene rings is 2. The van der Waals surface area contributed by atoms with E-state index in [9.17, 15) is 9.59 Å². The van der Waals surface area contributed by atoms with Crippen molar-refractivity contribution in [1.82, 2.24) is 9.88 Å². The molecular weight excluding hydrogens is 429 g/mol. The summed E-state index contributed by atoms with van der Waals surface area (Å²) in [4.78, 5) is 31.4. The van der Waals surface area contributed by atoms with E-state index in [1.165, 1.54) is 0 Å². The maximum absolute atomic E-state index is 13.0. The molecule has 1 saturated heterocycles. The predicted octanol–water partition coefficient (Wildman–Crippen LogP) is 4.96. The lowest BCUT2D eigenvalue weighted by Gasteiger charge is -2.30. The molecule has 1 aromatic heterocycles. The molecule has 8 heteroatoms. The van der Waals surface area contributed by atoms with Crippen LogP contribution in [0.2, 0.25) is 10.0 Å². The summed E-state index contributed by atoms with van der Waals surface area (Å²) in [7, 11) is 0. The minimum Gasteiger partial charge on any atom is -0.369 e. The summed E-state index contributed by atoms with van der Waals surface area (Å²) >= 11 is 13.8. The molecular formula is C21H19Cl2N3O2S. The van der Waals surface area contributed by atoms with Crippen LogP contribution in [0, 0.1) is 5.92 Å². The van der Waals surface area contributed by atoms with Crippen molar-refractivity contribution in [3.63, 3.8) is 0 Å². The minimum atomic E-state index is -0.354. The van der Waals surface area contributed by atoms with Crippen molar-refractivity contribution in [3.05, 3.63) is 58.2 Å². The number of hydrogen-bond acceptors (Lipinski definition) is 3. The van der Waals surface area contributed by atoms with Crippen LogP contribution in [-0.2, 0) is 4.79 Å². The van der Waals surface area contributed by atoms with Gasteiger partial charge in [0.1, 0.15) is 5.69 Å². The third-order valence-corrected chi connectivity index (χ3v) is 6.58. The van der Waals surface area contributed by atoms with Gasteiger partial charge in [-0.1, -0.05) is 35.0 Å². The SMILES string of the molecule is NC(=O)C1CCCN(C(=O)c2cc3c(Sc4ccc(Cl)cc4)cc(Cl)cc3[nH]2)C1. The first kappa shape index (κ1) is 20.1. The molecule has 1 aliphatic rings. The van der Waals surface area contributed by atoms with Crippen LogP contribution in [0.4, 0.5) is 0 Å². The summed E-state index contributed by atoms with van der Waals surface area (Å²) in [5, 5.41) is 2.18. The fourth-order valence-corrected chi connectivity index (χ4v) is 4.96. The summed E-state index contributed by atoms with van der Waals surface area (Å²) in [6, 6.07) is 13.1. The van der Waals surface area contributed by atoms with Gasteiger partial charge >= 0.3 is 0 Å². The van der Waals surface area contributed by atoms with Crippen LogP contribution < -0.4 is 5.73 Å². The fraction of sp³-hybridized carbons (Fsp3) is 0.238. The predicted molar refractivity (Wildman–Crippen MR) is 117 cm³/mol. The smallest absolute Gasteiger partial charge is 0.270 e. The summed E-state index contributed by atoms with van der Waals surface area (Å²) in [5.41, 5.74) is 6.71. The summed E-state index contributed by atoms with van der Waals surface area (Å²) in [5.74, 6) is -0.777. The van der Waals surface area contributed by atoms with Gasteiger partial charge in [0.15, 0.2) is 0 Å². The normalized spacial score (nSPS) is 16.9. The molecule has 1 unspecified atom stereocenters. The number of piperidine rings is 1. The van der Waals surface area contributed by atoms with Crippen LogP contribution >= 0.6 is 35.0 Å². The van der Waals surface area contributed by atoms with Crippen molar-refractivity contribution in [2.24, 2.45) is 11.7 Å². The number of carbonyl (C=O) groups is 2. The highest BCUT2D eigenvalue weighted by Gasteiger charge is 2.28. The Balaban J connectivity index is 1.64. The lowest BCUT2D eigenvalue weighted by molar-refractivity contribution is -0.123. The number of nitrogens with zero attached hydrogens (tertiary/aromatic N) is 1. The van der Waals surface area contributed by atoms with E-state index in [1.807, 2.05) is 42.5 Å². The lowest BCUT2D eigenvalue weighted by atomic mass is 9.97. The number of fused-ring (bicyclic) bond motifs is 1. The summed E-state index contributed by atoms with van der Waals surface area (Å²) < 4.78 is 0. The van der Waals surface area contributed by atoms with Crippen LogP contribution in [0.1, 0.15) is 23.3 Å². The Morgan fingerprint density at radius 1 is 1.10 bits per heavy atom. The molecule has 1 aliphatic heterocycles. The number of nitrogens with one attached hydrogen (secondary N) is 1. The number of aromatic nitrogens is 1. The van der Waals surface area contributed by atoms with Crippen LogP contribution in [0.25, 0.3) is 10.9 Å². The number of carbonyl (C=O) groups excluding carboxylic acids is 2. The van der Waals surface area contributed by atoms with E-state index in [4.69, 9.17) is 28.9 Å². The van der Waals surface area contributed by atoms with E-state index in [-0.39, 0.29) is 17.7 Å². The van der Waals surface area contributed by atoms with Gasteiger partial charge in [0.05, 0.1) is 5.92 Å². The molecule has 3 N–H and O–H groups in total. The largest absolute Gasteiger partial charge is 0.369 e. The van der Waals surface area contributed by atoms with Crippen molar-refractivity contribution in [2.45, 2.75) is 22.6 Å². The number of amides is 2. The van der Waals surface area contributed by atoms with Crippen LogP contribution in [-0.4, -0.2) is 34.8 Å². The van der Waals surface area contributed by atoms with Gasteiger partial charge in [-0.3, -0.25) is 9.59 Å². The second-order valence-corrected chi connectivity index (χ2v) is 9.09. The second kappa shape index (κ2) is 8.30. The van der Waals surface area contributed by atoms with E-state index < -0.39 is 0 Å². The molecule has 2 aromatic carbocycles. The Hall–Kier alpha value is -2.15. The van der Waals surface area contributed by atoms with Gasteiger partial charge < -0.3 is 15.6 Å². The van der Waals surface area contributed by atoms with E-state index in [0.29, 0.717) is 28.8 Å². The zero-order chi connectivity index (χ0) is 20.5. The highest BCUT2D eigenvalue weighted by atomic mass is 35.5. The first-order chi connectivity index (χ1) is 13.9. The molecule has 0 bridgehead atoms. The monoisotopic (exact) mass is 447 g/mol. The molecule has 1 atom stereocenters. The molecule has 0 spiro atoms. The molecule has 0 aliphatic carbocycles. The Morgan fingerprint density at radius 3 is 2.59 bits per heavy atom. The van der Waals surface area contributed by atoms with E-state index in [0.717, 1.165) is 33.5 Å². The summed E-state index contributed by atoms with van der Waals surface area (Å²) in [6.45, 7) is 0.974. The maximum atomic E-state index is 13.0. The molecule has 150 valence electrons. The van der Waals surface area contributed by atoms with Crippen molar-refractivity contribution in [2.75, 3.05) is 13.1 Å². The topological polar surface area (TPSA) is 79.2 Å². The third kappa shape index (κ3) is 4.39. The van der Waals surface area contributed by atoms with E-state index in [1.54, 1.807) is 16.7 Å². The maximum Gasteiger partial charge on any atom is 0.270 e. The highest BCUT2D eigenvalue weighted by Crippen LogP contribution is 2.37. The van der Waals surface area contributed by atoms with Crippen molar-refractivity contribution >= 4 is 57.7 Å². The van der Waals surface area contributed by atoms with Crippen LogP contribution in [0.3, 0.4) is 0 Å². The van der Waals surface area contributed by atoms with Gasteiger partial charge in [-0.15, -0.1) is 0 Å². The molecule has 4 rings (SSSR count). The fourth-order valence-electron chi connectivity index (χ4n) is 3.56. The first-order valence-electron chi connectivity index (χ1n) is 9.25. The van der Waals surface area contributed by atoms with Gasteiger partial charge in [0, 0.05) is 43.8 Å². The molecule has 1 fully saturated rings. The number of primary amides is 1. The Bertz CT molecular complexity index is 1080. The van der Waals surface area contributed by atoms with E-state index >= 15 is 0 Å². The van der Waals surface area contributed by atoms with Gasteiger partial charge in [-0.25, -0.2) is 0 Å². The molecule has 2 heterocycles. The van der Waals surface area contributed by atoms with Gasteiger partial charge in [0.25, 0.3) is 5.91 Å². The molecule has 3 aromatic rings. The van der Waals surface area contributed by atoms with Crippen LogP contribution in [0.5, 0.6) is 0 Å². The second-order valence-electron chi connectivity index (χ2n) is 7.10. The van der Waals surface area contributed by atoms with Crippen molar-refractivity contribution in [3.8, 4) is 0 Å². The number of aromatic amines is 1. The Labute approximate surface area is 182 Å². The number of likely N-dealkylation sites (tertiary alicyclic amines) is 1. The standard InChI is InChI=1S/C21H19Cl2N3O2S/c22-13-3-5-15(6-4-13)29-19-9-14(23)8-17-16(19)10-18(25-17)21(28)26-7-1-2-12(11-26)20(24)27/h3-6,8-10,12,25H,1-2,7,11H2,(H2,24,27).